The summed E-state index contributed by atoms with van der Waals surface area (Å²) in [4.78, 5) is 10.6. The van der Waals surface area contributed by atoms with Crippen LogP contribution in [0.25, 0.3) is 0 Å². The van der Waals surface area contributed by atoms with Gasteiger partial charge in [-0.2, -0.15) is 5.26 Å². The summed E-state index contributed by atoms with van der Waals surface area (Å²) in [5, 5.41) is 27.2. The third-order valence-electron chi connectivity index (χ3n) is 2.26. The molecule has 1 aromatic carbocycles. The fraction of sp³-hybridized carbons (Fsp3) is 0.273. The molecule has 1 unspecified atom stereocenters. The van der Waals surface area contributed by atoms with Crippen molar-refractivity contribution in [2.75, 3.05) is 7.11 Å². The number of hydrogen-bond donors (Lipinski definition) is 3. The number of carbonyl (C=O) groups is 1. The van der Waals surface area contributed by atoms with Crippen molar-refractivity contribution in [1.29, 1.82) is 5.26 Å². The Morgan fingerprint density at radius 2 is 2.29 bits per heavy atom. The van der Waals surface area contributed by atoms with E-state index in [1.54, 1.807) is 0 Å². The average molecular weight is 236 g/mol. The molecule has 0 aliphatic rings. The molecule has 0 saturated carbocycles. The van der Waals surface area contributed by atoms with Crippen LogP contribution < -0.4 is 10.5 Å². The van der Waals surface area contributed by atoms with Crippen molar-refractivity contribution in [3.63, 3.8) is 0 Å². The number of rotatable bonds is 4. The molecule has 0 spiro atoms. The molecule has 0 aliphatic carbocycles. The number of phenolic OH excluding ortho intramolecular Hbond substituents is 1. The normalized spacial score (nSPS) is 11.6. The minimum absolute atomic E-state index is 0.0763. The van der Waals surface area contributed by atoms with Gasteiger partial charge >= 0.3 is 5.97 Å². The van der Waals surface area contributed by atoms with Gasteiger partial charge in [-0.15, -0.1) is 0 Å². The molecule has 90 valence electrons. The van der Waals surface area contributed by atoms with Crippen LogP contribution in [0, 0.1) is 11.3 Å². The number of aromatic hydroxyl groups is 1. The van der Waals surface area contributed by atoms with E-state index in [0.29, 0.717) is 0 Å². The summed E-state index contributed by atoms with van der Waals surface area (Å²) < 4.78 is 4.88. The summed E-state index contributed by atoms with van der Waals surface area (Å²) in [6.07, 6.45) is -0.0763. The quantitative estimate of drug-likeness (QED) is 0.688. The van der Waals surface area contributed by atoms with Crippen molar-refractivity contribution in [3.05, 3.63) is 23.3 Å². The van der Waals surface area contributed by atoms with Gasteiger partial charge in [-0.05, 0) is 6.07 Å². The summed E-state index contributed by atoms with van der Waals surface area (Å²) >= 11 is 0. The first kappa shape index (κ1) is 12.8. The second-order valence-corrected chi connectivity index (χ2v) is 3.45. The standard InChI is InChI=1S/C11H12N2O4/c1-17-9-3-6(5-12)2-7(10(9)14)4-8(13)11(15)16/h2-3,8,14H,4,13H2,1H3,(H,15,16). The molecular weight excluding hydrogens is 224 g/mol. The molecule has 0 saturated heterocycles. The number of methoxy groups -OCH3 is 1. The highest BCUT2D eigenvalue weighted by Gasteiger charge is 2.17. The van der Waals surface area contributed by atoms with Crippen molar-refractivity contribution >= 4 is 5.97 Å². The Balaban J connectivity index is 3.14. The van der Waals surface area contributed by atoms with Crippen LogP contribution in [0.15, 0.2) is 12.1 Å². The lowest BCUT2D eigenvalue weighted by atomic mass is 10.0. The lowest BCUT2D eigenvalue weighted by Gasteiger charge is -2.11. The second-order valence-electron chi connectivity index (χ2n) is 3.45. The van der Waals surface area contributed by atoms with Crippen LogP contribution in [0.5, 0.6) is 11.5 Å². The molecule has 4 N–H and O–H groups in total. The maximum absolute atomic E-state index is 10.6. The van der Waals surface area contributed by atoms with E-state index in [4.69, 9.17) is 20.8 Å². The number of hydrogen-bond acceptors (Lipinski definition) is 5. The van der Waals surface area contributed by atoms with Crippen LogP contribution in [0.3, 0.4) is 0 Å². The first-order valence-corrected chi connectivity index (χ1v) is 4.78. The minimum Gasteiger partial charge on any atom is -0.504 e. The summed E-state index contributed by atoms with van der Waals surface area (Å²) in [7, 11) is 1.34. The number of phenols is 1. The van der Waals surface area contributed by atoms with Crippen LogP contribution in [-0.2, 0) is 11.2 Å². The number of nitriles is 1. The molecule has 6 heteroatoms. The first-order valence-electron chi connectivity index (χ1n) is 4.78. The lowest BCUT2D eigenvalue weighted by molar-refractivity contribution is -0.138. The molecule has 1 rings (SSSR count). The number of benzene rings is 1. The van der Waals surface area contributed by atoms with Gasteiger partial charge < -0.3 is 20.7 Å². The van der Waals surface area contributed by atoms with Gasteiger partial charge in [0.2, 0.25) is 0 Å². The molecular formula is C11H12N2O4. The van der Waals surface area contributed by atoms with E-state index >= 15 is 0 Å². The molecule has 0 aromatic heterocycles. The van der Waals surface area contributed by atoms with Gasteiger partial charge in [0.05, 0.1) is 18.7 Å². The molecule has 17 heavy (non-hydrogen) atoms. The smallest absolute Gasteiger partial charge is 0.320 e. The maximum Gasteiger partial charge on any atom is 0.320 e. The number of carboxylic acid groups (broad SMARTS) is 1. The van der Waals surface area contributed by atoms with E-state index < -0.39 is 12.0 Å². The highest BCUT2D eigenvalue weighted by molar-refractivity contribution is 5.74. The number of nitrogens with zero attached hydrogens (tertiary/aromatic N) is 1. The number of ether oxygens (including phenoxy) is 1. The Morgan fingerprint density at radius 1 is 1.65 bits per heavy atom. The van der Waals surface area contributed by atoms with E-state index in [9.17, 15) is 9.90 Å². The van der Waals surface area contributed by atoms with E-state index in [1.165, 1.54) is 19.2 Å². The zero-order valence-corrected chi connectivity index (χ0v) is 9.17. The second kappa shape index (κ2) is 5.18. The zero-order chi connectivity index (χ0) is 13.0. The van der Waals surface area contributed by atoms with Gasteiger partial charge in [-0.1, -0.05) is 0 Å². The molecule has 0 radical (unpaired) electrons. The summed E-state index contributed by atoms with van der Waals surface area (Å²) in [6.45, 7) is 0. The van der Waals surface area contributed by atoms with Crippen LogP contribution in [0.2, 0.25) is 0 Å². The third kappa shape index (κ3) is 2.86. The van der Waals surface area contributed by atoms with Crippen molar-refractivity contribution in [3.8, 4) is 17.6 Å². The van der Waals surface area contributed by atoms with Gasteiger partial charge in [0.1, 0.15) is 6.04 Å². The van der Waals surface area contributed by atoms with Gasteiger partial charge in [0.25, 0.3) is 0 Å². The topological polar surface area (TPSA) is 117 Å². The van der Waals surface area contributed by atoms with Crippen molar-refractivity contribution < 1.29 is 19.7 Å². The molecule has 6 nitrogen and oxygen atoms in total. The first-order chi connectivity index (χ1) is 7.99. The van der Waals surface area contributed by atoms with Crippen molar-refractivity contribution in [1.82, 2.24) is 0 Å². The molecule has 0 heterocycles. The van der Waals surface area contributed by atoms with Gasteiger partial charge in [-0.3, -0.25) is 4.79 Å². The molecule has 0 bridgehead atoms. The van der Waals surface area contributed by atoms with E-state index in [1.807, 2.05) is 6.07 Å². The fourth-order valence-electron chi connectivity index (χ4n) is 1.37. The van der Waals surface area contributed by atoms with Crippen LogP contribution in [0.4, 0.5) is 0 Å². The van der Waals surface area contributed by atoms with Crippen LogP contribution in [0.1, 0.15) is 11.1 Å². The number of aliphatic carboxylic acids is 1. The van der Waals surface area contributed by atoms with Crippen molar-refractivity contribution in [2.24, 2.45) is 5.73 Å². The summed E-state index contributed by atoms with van der Waals surface area (Å²) in [5.74, 6) is -1.24. The highest BCUT2D eigenvalue weighted by atomic mass is 16.5. The fourth-order valence-corrected chi connectivity index (χ4v) is 1.37. The predicted molar refractivity (Wildman–Crippen MR) is 58.7 cm³/mol. The maximum atomic E-state index is 10.6. The van der Waals surface area contributed by atoms with Crippen LogP contribution >= 0.6 is 0 Å². The van der Waals surface area contributed by atoms with Crippen LogP contribution in [-0.4, -0.2) is 29.3 Å². The lowest BCUT2D eigenvalue weighted by Crippen LogP contribution is -2.32. The zero-order valence-electron chi connectivity index (χ0n) is 9.17. The summed E-state index contributed by atoms with van der Waals surface area (Å²) in [5.41, 5.74) is 5.91. The third-order valence-corrected chi connectivity index (χ3v) is 2.26. The van der Waals surface area contributed by atoms with Gasteiger partial charge in [0, 0.05) is 18.1 Å². The van der Waals surface area contributed by atoms with Gasteiger partial charge in [-0.25, -0.2) is 0 Å². The Labute approximate surface area is 97.9 Å². The Bertz CT molecular complexity index is 479. The van der Waals surface area contributed by atoms with E-state index in [-0.39, 0.29) is 29.0 Å². The Kier molecular flexibility index (Phi) is 3.91. The molecule has 0 fully saturated rings. The SMILES string of the molecule is COc1cc(C#N)cc(CC(N)C(=O)O)c1O. The van der Waals surface area contributed by atoms with E-state index in [0.717, 1.165) is 0 Å². The molecule has 0 aliphatic heterocycles. The van der Waals surface area contributed by atoms with E-state index in [2.05, 4.69) is 0 Å². The highest BCUT2D eigenvalue weighted by Crippen LogP contribution is 2.31. The van der Waals surface area contributed by atoms with Crippen molar-refractivity contribution in [2.45, 2.75) is 12.5 Å². The Morgan fingerprint density at radius 3 is 2.76 bits per heavy atom. The predicted octanol–water partition coefficient (Wildman–Crippen LogP) is 0.227. The monoisotopic (exact) mass is 236 g/mol. The number of nitrogens with two attached hydrogens (primary N) is 1. The molecule has 0 amide bonds. The molecule has 1 aromatic rings. The largest absolute Gasteiger partial charge is 0.504 e. The minimum atomic E-state index is -1.18. The summed E-state index contributed by atoms with van der Waals surface area (Å²) in [6, 6.07) is 3.51. The average Bonchev–Trinajstić information content (AvgIpc) is 2.31. The number of carboxylic acids is 1. The molecule has 1 atom stereocenters. The Hall–Kier alpha value is -2.26. The van der Waals surface area contributed by atoms with Gasteiger partial charge in [0.15, 0.2) is 11.5 Å².